The van der Waals surface area contributed by atoms with Crippen molar-refractivity contribution in [3.8, 4) is 6.07 Å². The number of ketones is 1. The molecule has 0 fully saturated rings. The summed E-state index contributed by atoms with van der Waals surface area (Å²) in [6, 6.07) is 9.28. The van der Waals surface area contributed by atoms with Crippen LogP contribution >= 0.6 is 0 Å². The Morgan fingerprint density at radius 1 is 1.25 bits per heavy atom. The van der Waals surface area contributed by atoms with Gasteiger partial charge in [-0.2, -0.15) is 5.26 Å². The van der Waals surface area contributed by atoms with E-state index in [-0.39, 0.29) is 17.1 Å². The van der Waals surface area contributed by atoms with Crippen molar-refractivity contribution in [1.29, 1.82) is 5.26 Å². The minimum absolute atomic E-state index is 0.118. The number of rotatable bonds is 2. The van der Waals surface area contributed by atoms with Crippen LogP contribution < -0.4 is 0 Å². The molecule has 1 unspecified atom stereocenters. The van der Waals surface area contributed by atoms with Crippen LogP contribution in [0.2, 0.25) is 0 Å². The lowest BCUT2D eigenvalue weighted by Gasteiger charge is -2.22. The molecule has 1 aromatic rings. The first-order valence-corrected chi connectivity index (χ1v) is 5.40. The summed E-state index contributed by atoms with van der Waals surface area (Å²) in [5, 5.41) is 8.69. The molecule has 2 heteroatoms. The highest BCUT2D eigenvalue weighted by Gasteiger charge is 2.27. The monoisotopic (exact) mass is 215 g/mol. The Hall–Kier alpha value is -1.62. The molecule has 1 aromatic carbocycles. The maximum absolute atomic E-state index is 12.1. The van der Waals surface area contributed by atoms with Crippen molar-refractivity contribution in [2.45, 2.75) is 33.6 Å². The fourth-order valence-corrected chi connectivity index (χ4v) is 1.65. The molecule has 84 valence electrons. The highest BCUT2D eigenvalue weighted by Crippen LogP contribution is 2.27. The van der Waals surface area contributed by atoms with Crippen LogP contribution in [0.15, 0.2) is 24.3 Å². The number of benzene rings is 1. The first-order chi connectivity index (χ1) is 7.36. The Morgan fingerprint density at radius 2 is 1.75 bits per heavy atom. The van der Waals surface area contributed by atoms with Crippen LogP contribution in [-0.4, -0.2) is 5.78 Å². The predicted molar refractivity (Wildman–Crippen MR) is 64.0 cm³/mol. The lowest BCUT2D eigenvalue weighted by Crippen LogP contribution is -2.25. The average molecular weight is 215 g/mol. The van der Waals surface area contributed by atoms with E-state index in [1.54, 1.807) is 12.1 Å². The van der Waals surface area contributed by atoms with E-state index in [1.165, 1.54) is 0 Å². The third kappa shape index (κ3) is 2.70. The molecule has 0 bridgehead atoms. The standard InChI is InChI=1S/C14H17NO/c1-10(13(16)14(2,3)4)12-7-5-11(9-15)6-8-12/h5-8,10H,1-4H3. The predicted octanol–water partition coefficient (Wildman–Crippen LogP) is 3.28. The molecule has 0 aliphatic carbocycles. The second-order valence-corrected chi connectivity index (χ2v) is 5.07. The summed E-state index contributed by atoms with van der Waals surface area (Å²) < 4.78 is 0. The third-order valence-electron chi connectivity index (χ3n) is 2.67. The zero-order chi connectivity index (χ0) is 12.3. The zero-order valence-corrected chi connectivity index (χ0v) is 10.2. The van der Waals surface area contributed by atoms with Gasteiger partial charge >= 0.3 is 0 Å². The van der Waals surface area contributed by atoms with E-state index in [4.69, 9.17) is 5.26 Å². The van der Waals surface area contributed by atoms with Crippen molar-refractivity contribution in [1.82, 2.24) is 0 Å². The molecule has 0 heterocycles. The van der Waals surface area contributed by atoms with Crippen molar-refractivity contribution >= 4 is 5.78 Å². The van der Waals surface area contributed by atoms with E-state index in [9.17, 15) is 4.79 Å². The molecule has 0 radical (unpaired) electrons. The first kappa shape index (κ1) is 12.4. The Morgan fingerprint density at radius 3 is 2.12 bits per heavy atom. The van der Waals surface area contributed by atoms with Crippen LogP contribution in [-0.2, 0) is 4.79 Å². The maximum Gasteiger partial charge on any atom is 0.145 e. The molecule has 0 amide bonds. The van der Waals surface area contributed by atoms with Gasteiger partial charge in [-0.3, -0.25) is 4.79 Å². The SMILES string of the molecule is CC(C(=O)C(C)(C)C)c1ccc(C#N)cc1. The maximum atomic E-state index is 12.1. The summed E-state index contributed by atoms with van der Waals surface area (Å²) >= 11 is 0. The largest absolute Gasteiger partial charge is 0.298 e. The summed E-state index contributed by atoms with van der Waals surface area (Å²) in [4.78, 5) is 12.1. The van der Waals surface area contributed by atoms with E-state index in [0.29, 0.717) is 5.56 Å². The van der Waals surface area contributed by atoms with Crippen LogP contribution in [0.4, 0.5) is 0 Å². The van der Waals surface area contributed by atoms with E-state index >= 15 is 0 Å². The summed E-state index contributed by atoms with van der Waals surface area (Å²) in [5.74, 6) is 0.102. The molecule has 0 aliphatic rings. The number of hydrogen-bond acceptors (Lipinski definition) is 2. The second kappa shape index (κ2) is 4.49. The van der Waals surface area contributed by atoms with Gasteiger partial charge < -0.3 is 0 Å². The summed E-state index contributed by atoms with van der Waals surface area (Å²) in [6.07, 6.45) is 0. The highest BCUT2D eigenvalue weighted by molar-refractivity contribution is 5.89. The zero-order valence-electron chi connectivity index (χ0n) is 10.2. The van der Waals surface area contributed by atoms with Gasteiger partial charge in [-0.05, 0) is 17.7 Å². The Balaban J connectivity index is 2.94. The van der Waals surface area contributed by atoms with Crippen LogP contribution in [0.25, 0.3) is 0 Å². The van der Waals surface area contributed by atoms with Crippen molar-refractivity contribution in [3.63, 3.8) is 0 Å². The highest BCUT2D eigenvalue weighted by atomic mass is 16.1. The number of carbonyl (C=O) groups excluding carboxylic acids is 1. The quantitative estimate of drug-likeness (QED) is 0.759. The van der Waals surface area contributed by atoms with Crippen LogP contribution in [0.1, 0.15) is 44.7 Å². The first-order valence-electron chi connectivity index (χ1n) is 5.40. The molecule has 0 saturated carbocycles. The lowest BCUT2D eigenvalue weighted by atomic mass is 9.81. The van der Waals surface area contributed by atoms with Crippen LogP contribution in [0, 0.1) is 16.7 Å². The van der Waals surface area contributed by atoms with Gasteiger partial charge in [0.25, 0.3) is 0 Å². The van der Waals surface area contributed by atoms with Gasteiger partial charge in [0.05, 0.1) is 11.6 Å². The molecule has 1 atom stereocenters. The molecular weight excluding hydrogens is 198 g/mol. The normalized spacial score (nSPS) is 12.9. The van der Waals surface area contributed by atoms with Gasteiger partial charge in [-0.25, -0.2) is 0 Å². The van der Waals surface area contributed by atoms with Crippen molar-refractivity contribution in [2.24, 2.45) is 5.41 Å². The summed E-state index contributed by atoms with van der Waals surface area (Å²) in [6.45, 7) is 7.69. The number of Topliss-reactive ketones (excluding diaryl/α,β-unsaturated/α-hetero) is 1. The van der Waals surface area contributed by atoms with Gasteiger partial charge in [0.2, 0.25) is 0 Å². The Labute approximate surface area is 96.9 Å². The number of carbonyl (C=O) groups is 1. The van der Waals surface area contributed by atoms with Crippen LogP contribution in [0.5, 0.6) is 0 Å². The van der Waals surface area contributed by atoms with Crippen LogP contribution in [0.3, 0.4) is 0 Å². The Kier molecular flexibility index (Phi) is 3.49. The molecule has 0 spiro atoms. The van der Waals surface area contributed by atoms with Crippen molar-refractivity contribution in [2.75, 3.05) is 0 Å². The minimum Gasteiger partial charge on any atom is -0.298 e. The number of nitrogens with zero attached hydrogens (tertiary/aromatic N) is 1. The van der Waals surface area contributed by atoms with Gasteiger partial charge in [0.1, 0.15) is 5.78 Å². The fraction of sp³-hybridized carbons (Fsp3) is 0.429. The smallest absolute Gasteiger partial charge is 0.145 e. The van der Waals surface area contributed by atoms with Gasteiger partial charge in [-0.15, -0.1) is 0 Å². The van der Waals surface area contributed by atoms with E-state index in [0.717, 1.165) is 5.56 Å². The molecule has 1 rings (SSSR count). The van der Waals surface area contributed by atoms with Crippen molar-refractivity contribution in [3.05, 3.63) is 35.4 Å². The molecular formula is C14H17NO. The third-order valence-corrected chi connectivity index (χ3v) is 2.67. The van der Waals surface area contributed by atoms with E-state index in [2.05, 4.69) is 6.07 Å². The van der Waals surface area contributed by atoms with Gasteiger partial charge in [0, 0.05) is 11.3 Å². The molecule has 16 heavy (non-hydrogen) atoms. The second-order valence-electron chi connectivity index (χ2n) is 5.07. The average Bonchev–Trinajstić information content (AvgIpc) is 2.26. The Bertz CT molecular complexity index is 418. The molecule has 0 N–H and O–H groups in total. The van der Waals surface area contributed by atoms with E-state index < -0.39 is 0 Å². The van der Waals surface area contributed by atoms with Crippen molar-refractivity contribution < 1.29 is 4.79 Å². The molecule has 0 aliphatic heterocycles. The fourth-order valence-electron chi connectivity index (χ4n) is 1.65. The minimum atomic E-state index is -0.326. The van der Waals surface area contributed by atoms with E-state index in [1.807, 2.05) is 39.8 Å². The topological polar surface area (TPSA) is 40.9 Å². The number of hydrogen-bond donors (Lipinski definition) is 0. The molecule has 2 nitrogen and oxygen atoms in total. The van der Waals surface area contributed by atoms with Gasteiger partial charge in [0.15, 0.2) is 0 Å². The molecule has 0 saturated heterocycles. The molecule has 0 aromatic heterocycles. The summed E-state index contributed by atoms with van der Waals surface area (Å²) in [5.41, 5.74) is 1.27. The lowest BCUT2D eigenvalue weighted by molar-refractivity contribution is -0.127. The summed E-state index contributed by atoms with van der Waals surface area (Å²) in [7, 11) is 0. The number of nitriles is 1. The van der Waals surface area contributed by atoms with Gasteiger partial charge in [-0.1, -0.05) is 39.8 Å².